The van der Waals surface area contributed by atoms with Gasteiger partial charge in [0.15, 0.2) is 0 Å². The fourth-order valence-electron chi connectivity index (χ4n) is 4.34. The van der Waals surface area contributed by atoms with Gasteiger partial charge in [-0.1, -0.05) is 71.8 Å². The normalized spacial score (nSPS) is 28.2. The molecular formula is C18H28Si. The summed E-state index contributed by atoms with van der Waals surface area (Å²) in [7, 11) is -1.55. The number of allylic oxidation sites excluding steroid dienone is 8. The van der Waals surface area contributed by atoms with Crippen molar-refractivity contribution in [1.29, 1.82) is 0 Å². The Labute approximate surface area is 120 Å². The van der Waals surface area contributed by atoms with Gasteiger partial charge in [0.05, 0.1) is 0 Å². The van der Waals surface area contributed by atoms with Crippen LogP contribution in [0.25, 0.3) is 0 Å². The van der Waals surface area contributed by atoms with E-state index in [1.54, 1.807) is 21.5 Å². The average Bonchev–Trinajstić information content (AvgIpc) is 2.66. The smallest absolute Gasteiger partial charge is 0.0748 e. The minimum atomic E-state index is -1.55. The molecule has 0 heterocycles. The molecule has 0 aromatic heterocycles. The van der Waals surface area contributed by atoms with E-state index in [-0.39, 0.29) is 0 Å². The van der Waals surface area contributed by atoms with Crippen molar-refractivity contribution in [3.8, 4) is 0 Å². The second-order valence-corrected chi connectivity index (χ2v) is 11.3. The number of hydrogen-bond donors (Lipinski definition) is 0. The van der Waals surface area contributed by atoms with Gasteiger partial charge in [0, 0.05) is 0 Å². The minimum Gasteiger partial charge on any atom is -0.0748 e. The van der Waals surface area contributed by atoms with Gasteiger partial charge in [0.2, 0.25) is 0 Å². The second kappa shape index (κ2) is 4.62. The molecule has 2 aliphatic carbocycles. The highest BCUT2D eigenvalue weighted by Gasteiger charge is 2.39. The third-order valence-electron chi connectivity index (χ3n) is 5.19. The Morgan fingerprint density at radius 1 is 0.737 bits per heavy atom. The molecule has 0 amide bonds. The Bertz CT molecular complexity index is 490. The van der Waals surface area contributed by atoms with Crippen molar-refractivity contribution < 1.29 is 0 Å². The molecule has 0 aliphatic heterocycles. The van der Waals surface area contributed by atoms with Crippen molar-refractivity contribution in [2.24, 2.45) is 11.8 Å². The van der Waals surface area contributed by atoms with Crippen LogP contribution in [0.1, 0.15) is 41.5 Å². The summed E-state index contributed by atoms with van der Waals surface area (Å²) in [4.78, 5) is 0. The molecular weight excluding hydrogens is 244 g/mol. The quantitative estimate of drug-likeness (QED) is 0.574. The summed E-state index contributed by atoms with van der Waals surface area (Å²) in [6.07, 6.45) is 4.90. The summed E-state index contributed by atoms with van der Waals surface area (Å²) in [5.74, 6) is 1.26. The monoisotopic (exact) mass is 272 g/mol. The SMILES string of the molecule is CC1=CC(C)C(C)=C1[Si](C)(C)C1=C(C)C(C)C=C1C. The van der Waals surface area contributed by atoms with Gasteiger partial charge in [0.25, 0.3) is 0 Å². The Morgan fingerprint density at radius 3 is 1.26 bits per heavy atom. The summed E-state index contributed by atoms with van der Waals surface area (Å²) < 4.78 is 0. The molecule has 19 heavy (non-hydrogen) atoms. The lowest BCUT2D eigenvalue weighted by Gasteiger charge is -2.31. The zero-order valence-corrected chi connectivity index (χ0v) is 14.8. The molecule has 2 rings (SSSR count). The predicted octanol–water partition coefficient (Wildman–Crippen LogP) is 5.60. The van der Waals surface area contributed by atoms with Crippen LogP contribution in [-0.4, -0.2) is 8.07 Å². The van der Waals surface area contributed by atoms with E-state index >= 15 is 0 Å². The Balaban J connectivity index is 2.57. The second-order valence-electron chi connectivity index (χ2n) is 7.02. The van der Waals surface area contributed by atoms with Crippen molar-refractivity contribution >= 4 is 8.07 Å². The first-order valence-electron chi connectivity index (χ1n) is 7.48. The molecule has 0 saturated carbocycles. The van der Waals surface area contributed by atoms with Crippen LogP contribution in [0.4, 0.5) is 0 Å². The highest BCUT2D eigenvalue weighted by molar-refractivity contribution is 6.92. The van der Waals surface area contributed by atoms with Crippen LogP contribution in [-0.2, 0) is 0 Å². The molecule has 0 N–H and O–H groups in total. The van der Waals surface area contributed by atoms with Gasteiger partial charge >= 0.3 is 0 Å². The van der Waals surface area contributed by atoms with E-state index < -0.39 is 8.07 Å². The Kier molecular flexibility index (Phi) is 3.55. The molecule has 0 bridgehead atoms. The van der Waals surface area contributed by atoms with Crippen LogP contribution >= 0.6 is 0 Å². The van der Waals surface area contributed by atoms with E-state index in [0.717, 1.165) is 0 Å². The number of rotatable bonds is 2. The molecule has 2 aliphatic rings. The first-order valence-corrected chi connectivity index (χ1v) is 10.5. The topological polar surface area (TPSA) is 0 Å². The van der Waals surface area contributed by atoms with Crippen LogP contribution in [0.5, 0.6) is 0 Å². The van der Waals surface area contributed by atoms with Crippen LogP contribution in [0.15, 0.2) is 44.8 Å². The van der Waals surface area contributed by atoms with Crippen LogP contribution in [0.2, 0.25) is 13.1 Å². The van der Waals surface area contributed by atoms with Gasteiger partial charge in [-0.15, -0.1) is 0 Å². The summed E-state index contributed by atoms with van der Waals surface area (Å²) in [5, 5.41) is 3.41. The highest BCUT2D eigenvalue weighted by Crippen LogP contribution is 2.45. The predicted molar refractivity (Wildman–Crippen MR) is 88.7 cm³/mol. The molecule has 0 aromatic carbocycles. The zero-order valence-electron chi connectivity index (χ0n) is 13.8. The Hall–Kier alpha value is -0.823. The van der Waals surface area contributed by atoms with Crippen molar-refractivity contribution in [3.63, 3.8) is 0 Å². The van der Waals surface area contributed by atoms with Crippen molar-refractivity contribution in [2.45, 2.75) is 54.6 Å². The Morgan fingerprint density at radius 2 is 1.05 bits per heavy atom. The van der Waals surface area contributed by atoms with Gasteiger partial charge in [-0.3, -0.25) is 0 Å². The first-order chi connectivity index (χ1) is 8.67. The van der Waals surface area contributed by atoms with E-state index in [1.807, 2.05) is 0 Å². The molecule has 104 valence electrons. The molecule has 0 aromatic rings. The molecule has 2 atom stereocenters. The van der Waals surface area contributed by atoms with Crippen molar-refractivity contribution in [1.82, 2.24) is 0 Å². The zero-order chi connectivity index (χ0) is 14.5. The third kappa shape index (κ3) is 2.12. The molecule has 0 saturated heterocycles. The maximum Gasteiger partial charge on any atom is 0.112 e. The van der Waals surface area contributed by atoms with E-state index in [1.165, 1.54) is 11.1 Å². The van der Waals surface area contributed by atoms with Gasteiger partial charge < -0.3 is 0 Å². The standard InChI is InChI=1S/C18H28Si/c1-11-9-13(3)17(15(11)5)19(7,8)18-14(4)10-12(2)16(18)6/h9-12H,1-8H3. The lowest BCUT2D eigenvalue weighted by Crippen LogP contribution is -2.34. The maximum atomic E-state index is 2.54. The average molecular weight is 273 g/mol. The molecule has 2 unspecified atom stereocenters. The van der Waals surface area contributed by atoms with Crippen LogP contribution in [0.3, 0.4) is 0 Å². The minimum absolute atomic E-state index is 0.630. The molecule has 0 radical (unpaired) electrons. The van der Waals surface area contributed by atoms with E-state index in [4.69, 9.17) is 0 Å². The third-order valence-corrected chi connectivity index (χ3v) is 9.27. The molecule has 1 heteroatoms. The first kappa shape index (κ1) is 14.6. The summed E-state index contributed by atoms with van der Waals surface area (Å²) in [5.41, 5.74) is 6.30. The maximum absolute atomic E-state index is 2.54. The summed E-state index contributed by atoms with van der Waals surface area (Å²) in [6, 6.07) is 0. The fourth-order valence-corrected chi connectivity index (χ4v) is 9.16. The summed E-state index contributed by atoms with van der Waals surface area (Å²) in [6.45, 7) is 19.0. The van der Waals surface area contributed by atoms with Gasteiger partial charge in [-0.2, -0.15) is 0 Å². The summed E-state index contributed by atoms with van der Waals surface area (Å²) >= 11 is 0. The van der Waals surface area contributed by atoms with Crippen molar-refractivity contribution in [3.05, 3.63) is 44.8 Å². The molecule has 0 fully saturated rings. The van der Waals surface area contributed by atoms with Crippen molar-refractivity contribution in [2.75, 3.05) is 0 Å². The van der Waals surface area contributed by atoms with Gasteiger partial charge in [0.1, 0.15) is 8.07 Å². The number of hydrogen-bond acceptors (Lipinski definition) is 0. The molecule has 0 nitrogen and oxygen atoms in total. The molecule has 0 spiro atoms. The fraction of sp³-hybridized carbons (Fsp3) is 0.556. The van der Waals surface area contributed by atoms with Crippen LogP contribution in [0, 0.1) is 11.8 Å². The highest BCUT2D eigenvalue weighted by atomic mass is 28.3. The van der Waals surface area contributed by atoms with E-state index in [0.29, 0.717) is 11.8 Å². The lowest BCUT2D eigenvalue weighted by molar-refractivity contribution is 0.876. The van der Waals surface area contributed by atoms with E-state index in [9.17, 15) is 0 Å². The van der Waals surface area contributed by atoms with Crippen LogP contribution < -0.4 is 0 Å². The largest absolute Gasteiger partial charge is 0.112 e. The lowest BCUT2D eigenvalue weighted by atomic mass is 10.1. The van der Waals surface area contributed by atoms with Gasteiger partial charge in [-0.25, -0.2) is 0 Å². The van der Waals surface area contributed by atoms with Gasteiger partial charge in [-0.05, 0) is 39.5 Å². The van der Waals surface area contributed by atoms with E-state index in [2.05, 4.69) is 66.8 Å².